The van der Waals surface area contributed by atoms with E-state index in [1.54, 1.807) is 7.05 Å². The molecule has 1 saturated heterocycles. The van der Waals surface area contributed by atoms with Crippen molar-refractivity contribution in [3.63, 3.8) is 0 Å². The predicted molar refractivity (Wildman–Crippen MR) is 60.1 cm³/mol. The molecule has 16 heavy (non-hydrogen) atoms. The van der Waals surface area contributed by atoms with E-state index in [-0.39, 0.29) is 5.91 Å². The lowest BCUT2D eigenvalue weighted by Crippen LogP contribution is -2.41. The summed E-state index contributed by atoms with van der Waals surface area (Å²) in [5, 5.41) is 8.80. The number of rotatable bonds is 4. The third kappa shape index (κ3) is 3.20. The number of amides is 1. The van der Waals surface area contributed by atoms with Gasteiger partial charge < -0.3 is 14.9 Å². The first-order chi connectivity index (χ1) is 7.41. The van der Waals surface area contributed by atoms with Gasteiger partial charge in [-0.25, -0.2) is 4.79 Å². The molecule has 1 aliphatic rings. The Morgan fingerprint density at radius 2 is 2.19 bits per heavy atom. The number of carboxylic acid groups (broad SMARTS) is 1. The van der Waals surface area contributed by atoms with Gasteiger partial charge in [-0.05, 0) is 32.9 Å². The molecule has 0 radical (unpaired) electrons. The van der Waals surface area contributed by atoms with E-state index < -0.39 is 12.0 Å². The number of nitrogens with zero attached hydrogens (tertiary/aromatic N) is 2. The molecule has 0 saturated carbocycles. The van der Waals surface area contributed by atoms with Crippen LogP contribution in [0.3, 0.4) is 0 Å². The van der Waals surface area contributed by atoms with Crippen LogP contribution in [0.25, 0.3) is 0 Å². The summed E-state index contributed by atoms with van der Waals surface area (Å²) in [5.74, 6) is -0.657. The minimum Gasteiger partial charge on any atom is -0.480 e. The molecule has 5 nitrogen and oxygen atoms in total. The van der Waals surface area contributed by atoms with Crippen LogP contribution < -0.4 is 0 Å². The molecule has 1 rings (SSSR count). The second-order valence-electron chi connectivity index (χ2n) is 4.64. The summed E-state index contributed by atoms with van der Waals surface area (Å²) in [5.41, 5.74) is 0. The highest BCUT2D eigenvalue weighted by Crippen LogP contribution is 2.19. The number of carbonyl (C=O) groups excluding carboxylic acids is 1. The SMILES string of the molecule is CC(C(=O)O)N(C)C(=O)CC1CCN(C)C1. The monoisotopic (exact) mass is 228 g/mol. The fourth-order valence-electron chi connectivity index (χ4n) is 1.97. The van der Waals surface area contributed by atoms with Crippen LogP contribution in [0.5, 0.6) is 0 Å². The Hall–Kier alpha value is -1.10. The Morgan fingerprint density at radius 1 is 1.56 bits per heavy atom. The van der Waals surface area contributed by atoms with Crippen molar-refractivity contribution in [3.05, 3.63) is 0 Å². The Balaban J connectivity index is 2.43. The summed E-state index contributed by atoms with van der Waals surface area (Å²) in [4.78, 5) is 26.0. The highest BCUT2D eigenvalue weighted by atomic mass is 16.4. The first kappa shape index (κ1) is 13.0. The second kappa shape index (κ2) is 5.30. The molecule has 2 atom stereocenters. The van der Waals surface area contributed by atoms with Gasteiger partial charge in [0, 0.05) is 20.0 Å². The van der Waals surface area contributed by atoms with Gasteiger partial charge in [0.15, 0.2) is 0 Å². The zero-order chi connectivity index (χ0) is 12.3. The molecule has 0 aromatic rings. The summed E-state index contributed by atoms with van der Waals surface area (Å²) in [6.07, 6.45) is 1.48. The van der Waals surface area contributed by atoms with Crippen LogP contribution in [-0.4, -0.2) is 60.0 Å². The largest absolute Gasteiger partial charge is 0.480 e. The number of aliphatic carboxylic acids is 1. The van der Waals surface area contributed by atoms with Gasteiger partial charge in [-0.15, -0.1) is 0 Å². The summed E-state index contributed by atoms with van der Waals surface area (Å²) >= 11 is 0. The molecule has 1 aliphatic heterocycles. The van der Waals surface area contributed by atoms with Crippen molar-refractivity contribution in [2.24, 2.45) is 5.92 Å². The van der Waals surface area contributed by atoms with Crippen LogP contribution in [0.2, 0.25) is 0 Å². The molecule has 1 heterocycles. The van der Waals surface area contributed by atoms with Crippen LogP contribution >= 0.6 is 0 Å². The first-order valence-corrected chi connectivity index (χ1v) is 5.58. The second-order valence-corrected chi connectivity index (χ2v) is 4.64. The van der Waals surface area contributed by atoms with E-state index >= 15 is 0 Å². The van der Waals surface area contributed by atoms with E-state index in [0.29, 0.717) is 12.3 Å². The van der Waals surface area contributed by atoms with Gasteiger partial charge in [-0.3, -0.25) is 4.79 Å². The Kier molecular flexibility index (Phi) is 4.29. The summed E-state index contributed by atoms with van der Waals surface area (Å²) in [6.45, 7) is 3.48. The van der Waals surface area contributed by atoms with Crippen LogP contribution in [-0.2, 0) is 9.59 Å². The Labute approximate surface area is 96.0 Å². The minimum absolute atomic E-state index is 0.0739. The zero-order valence-corrected chi connectivity index (χ0v) is 10.1. The van der Waals surface area contributed by atoms with Crippen LogP contribution in [0.15, 0.2) is 0 Å². The van der Waals surface area contributed by atoms with E-state index in [9.17, 15) is 9.59 Å². The molecule has 1 amide bonds. The summed E-state index contributed by atoms with van der Waals surface area (Å²) < 4.78 is 0. The molecule has 0 bridgehead atoms. The summed E-state index contributed by atoms with van der Waals surface area (Å²) in [6, 6.07) is -0.744. The van der Waals surface area contributed by atoms with E-state index in [1.165, 1.54) is 11.8 Å². The Morgan fingerprint density at radius 3 is 2.62 bits per heavy atom. The number of hydrogen-bond acceptors (Lipinski definition) is 3. The maximum atomic E-state index is 11.8. The number of likely N-dealkylation sites (N-methyl/N-ethyl adjacent to an activating group) is 1. The van der Waals surface area contributed by atoms with E-state index in [1.807, 2.05) is 7.05 Å². The first-order valence-electron chi connectivity index (χ1n) is 5.58. The van der Waals surface area contributed by atoms with Gasteiger partial charge in [0.2, 0.25) is 5.91 Å². The molecular weight excluding hydrogens is 208 g/mol. The van der Waals surface area contributed by atoms with E-state index in [0.717, 1.165) is 19.5 Å². The van der Waals surface area contributed by atoms with Gasteiger partial charge in [0.1, 0.15) is 6.04 Å². The fraction of sp³-hybridized carbons (Fsp3) is 0.818. The quantitative estimate of drug-likeness (QED) is 0.749. The lowest BCUT2D eigenvalue weighted by molar-refractivity contribution is -0.148. The highest BCUT2D eigenvalue weighted by molar-refractivity contribution is 5.83. The van der Waals surface area contributed by atoms with Crippen molar-refractivity contribution in [1.82, 2.24) is 9.80 Å². The topological polar surface area (TPSA) is 60.9 Å². The average Bonchev–Trinajstić information content (AvgIpc) is 2.61. The number of carbonyl (C=O) groups is 2. The van der Waals surface area contributed by atoms with E-state index in [2.05, 4.69) is 4.90 Å². The molecule has 5 heteroatoms. The van der Waals surface area contributed by atoms with Gasteiger partial charge in [-0.2, -0.15) is 0 Å². The molecule has 0 aromatic carbocycles. The summed E-state index contributed by atoms with van der Waals surface area (Å²) in [7, 11) is 3.59. The maximum absolute atomic E-state index is 11.8. The molecule has 0 aliphatic carbocycles. The molecular formula is C11H20N2O3. The molecule has 2 unspecified atom stereocenters. The van der Waals surface area contributed by atoms with E-state index in [4.69, 9.17) is 5.11 Å². The van der Waals surface area contributed by atoms with Crippen LogP contribution in [0, 0.1) is 5.92 Å². The van der Waals surface area contributed by atoms with Crippen molar-refractivity contribution in [2.45, 2.75) is 25.8 Å². The van der Waals surface area contributed by atoms with Crippen LogP contribution in [0.1, 0.15) is 19.8 Å². The highest BCUT2D eigenvalue weighted by Gasteiger charge is 2.27. The third-order valence-corrected chi connectivity index (χ3v) is 3.28. The lowest BCUT2D eigenvalue weighted by Gasteiger charge is -2.23. The average molecular weight is 228 g/mol. The van der Waals surface area contributed by atoms with Crippen LogP contribution in [0.4, 0.5) is 0 Å². The molecule has 1 fully saturated rings. The van der Waals surface area contributed by atoms with Crippen molar-refractivity contribution < 1.29 is 14.7 Å². The lowest BCUT2D eigenvalue weighted by atomic mass is 10.0. The molecule has 92 valence electrons. The molecule has 0 aromatic heterocycles. The van der Waals surface area contributed by atoms with Gasteiger partial charge in [-0.1, -0.05) is 0 Å². The standard InChI is InChI=1S/C11H20N2O3/c1-8(11(15)16)13(3)10(14)6-9-4-5-12(2)7-9/h8-9H,4-7H2,1-3H3,(H,15,16). The zero-order valence-electron chi connectivity index (χ0n) is 10.1. The van der Waals surface area contributed by atoms with Gasteiger partial charge in [0.05, 0.1) is 0 Å². The molecule has 1 N–H and O–H groups in total. The number of likely N-dealkylation sites (tertiary alicyclic amines) is 1. The normalized spacial score (nSPS) is 23.1. The maximum Gasteiger partial charge on any atom is 0.326 e. The number of hydrogen-bond donors (Lipinski definition) is 1. The van der Waals surface area contributed by atoms with Crippen molar-refractivity contribution in [3.8, 4) is 0 Å². The molecule has 0 spiro atoms. The van der Waals surface area contributed by atoms with Crippen molar-refractivity contribution >= 4 is 11.9 Å². The van der Waals surface area contributed by atoms with Crippen molar-refractivity contribution in [1.29, 1.82) is 0 Å². The smallest absolute Gasteiger partial charge is 0.326 e. The third-order valence-electron chi connectivity index (χ3n) is 3.28. The Bertz CT molecular complexity index is 280. The fourth-order valence-corrected chi connectivity index (χ4v) is 1.97. The van der Waals surface area contributed by atoms with Crippen molar-refractivity contribution in [2.75, 3.05) is 27.2 Å². The predicted octanol–water partition coefficient (Wildman–Crippen LogP) is 0.260. The minimum atomic E-state index is -0.959. The van der Waals surface area contributed by atoms with Gasteiger partial charge >= 0.3 is 5.97 Å². The van der Waals surface area contributed by atoms with Gasteiger partial charge in [0.25, 0.3) is 0 Å². The number of carboxylic acids is 1.